The summed E-state index contributed by atoms with van der Waals surface area (Å²) in [6.45, 7) is 2.11. The number of fused-ring (bicyclic) bond motifs is 1. The number of aromatic nitrogens is 2. The number of nitrogens with zero attached hydrogens (tertiary/aromatic N) is 2. The van der Waals surface area contributed by atoms with Crippen molar-refractivity contribution in [1.82, 2.24) is 14.9 Å². The first-order chi connectivity index (χ1) is 13.5. The number of amides is 1. The normalized spacial score (nSPS) is 13.5. The molecule has 0 aliphatic heterocycles. The number of aryl methyl sites for hydroxylation is 1. The van der Waals surface area contributed by atoms with Crippen molar-refractivity contribution in [3.05, 3.63) is 50.9 Å². The molecule has 0 unspecified atom stereocenters. The van der Waals surface area contributed by atoms with Crippen LogP contribution < -0.4 is 20.3 Å². The highest BCUT2D eigenvalue weighted by atomic mass is 32.1. The topological polar surface area (TPSA) is 82.5 Å². The maximum Gasteiger partial charge on any atom is 0.271 e. The molecular formula is C20H21N3O4S. The van der Waals surface area contributed by atoms with E-state index in [9.17, 15) is 9.59 Å². The second-order valence-corrected chi connectivity index (χ2v) is 7.98. The Morgan fingerprint density at radius 1 is 1.32 bits per heavy atom. The average Bonchev–Trinajstić information content (AvgIpc) is 3.48. The van der Waals surface area contributed by atoms with E-state index in [0.717, 1.165) is 23.3 Å². The molecule has 2 aromatic heterocycles. The molecule has 1 aromatic carbocycles. The van der Waals surface area contributed by atoms with Crippen LogP contribution in [0.4, 0.5) is 0 Å². The lowest BCUT2D eigenvalue weighted by Crippen LogP contribution is -2.24. The van der Waals surface area contributed by atoms with E-state index in [1.165, 1.54) is 11.3 Å². The Hall–Kier alpha value is -2.87. The van der Waals surface area contributed by atoms with E-state index in [1.54, 1.807) is 37.2 Å². The molecule has 0 bridgehead atoms. The quantitative estimate of drug-likeness (QED) is 0.689. The first-order valence-corrected chi connectivity index (χ1v) is 9.84. The van der Waals surface area contributed by atoms with E-state index in [-0.39, 0.29) is 24.1 Å². The molecule has 0 saturated heterocycles. The van der Waals surface area contributed by atoms with Gasteiger partial charge < -0.3 is 14.8 Å². The van der Waals surface area contributed by atoms with Crippen molar-refractivity contribution in [3.63, 3.8) is 0 Å². The van der Waals surface area contributed by atoms with Crippen molar-refractivity contribution >= 4 is 27.5 Å². The van der Waals surface area contributed by atoms with E-state index < -0.39 is 0 Å². The SMILES string of the molecule is COc1ccc(OC)c(CNC(=O)c2c(C)sc3c(=O)n(C4CC4)cnc23)c1. The predicted molar refractivity (Wildman–Crippen MR) is 108 cm³/mol. The van der Waals surface area contributed by atoms with Crippen LogP contribution in [0.1, 0.15) is 39.7 Å². The lowest BCUT2D eigenvalue weighted by Gasteiger charge is -2.11. The number of carbonyl (C=O) groups is 1. The minimum Gasteiger partial charge on any atom is -0.497 e. The van der Waals surface area contributed by atoms with Gasteiger partial charge in [0.1, 0.15) is 21.7 Å². The number of methoxy groups -OCH3 is 2. The minimum absolute atomic E-state index is 0.0610. The molecule has 0 radical (unpaired) electrons. The van der Waals surface area contributed by atoms with E-state index in [0.29, 0.717) is 27.3 Å². The van der Waals surface area contributed by atoms with Crippen LogP contribution in [-0.4, -0.2) is 29.7 Å². The summed E-state index contributed by atoms with van der Waals surface area (Å²) in [6, 6.07) is 5.68. The van der Waals surface area contributed by atoms with Crippen molar-refractivity contribution in [3.8, 4) is 11.5 Å². The third kappa shape index (κ3) is 3.24. The molecular weight excluding hydrogens is 378 g/mol. The summed E-state index contributed by atoms with van der Waals surface area (Å²) >= 11 is 1.33. The number of ether oxygens (including phenoxy) is 2. The highest BCUT2D eigenvalue weighted by molar-refractivity contribution is 7.19. The van der Waals surface area contributed by atoms with Crippen molar-refractivity contribution in [2.75, 3.05) is 14.2 Å². The van der Waals surface area contributed by atoms with Crippen LogP contribution in [0, 0.1) is 6.92 Å². The summed E-state index contributed by atoms with van der Waals surface area (Å²) in [7, 11) is 3.17. The lowest BCUT2D eigenvalue weighted by atomic mass is 10.1. The summed E-state index contributed by atoms with van der Waals surface area (Å²) in [4.78, 5) is 30.8. The van der Waals surface area contributed by atoms with E-state index in [1.807, 2.05) is 13.0 Å². The molecule has 0 spiro atoms. The van der Waals surface area contributed by atoms with Gasteiger partial charge in [-0.2, -0.15) is 0 Å². The van der Waals surface area contributed by atoms with E-state index in [4.69, 9.17) is 9.47 Å². The molecule has 28 heavy (non-hydrogen) atoms. The Labute approximate surface area is 165 Å². The highest BCUT2D eigenvalue weighted by Gasteiger charge is 2.27. The van der Waals surface area contributed by atoms with Gasteiger partial charge in [-0.25, -0.2) is 4.98 Å². The van der Waals surface area contributed by atoms with Gasteiger partial charge in [-0.15, -0.1) is 11.3 Å². The van der Waals surface area contributed by atoms with Gasteiger partial charge in [0.05, 0.1) is 26.1 Å². The van der Waals surface area contributed by atoms with Crippen LogP contribution in [0.15, 0.2) is 29.3 Å². The van der Waals surface area contributed by atoms with Crippen LogP contribution in [0.2, 0.25) is 0 Å². The van der Waals surface area contributed by atoms with Crippen LogP contribution in [0.3, 0.4) is 0 Å². The summed E-state index contributed by atoms with van der Waals surface area (Å²) in [6.07, 6.45) is 3.58. The van der Waals surface area contributed by atoms with Gasteiger partial charge >= 0.3 is 0 Å². The zero-order chi connectivity index (χ0) is 19.8. The molecule has 3 aromatic rings. The fourth-order valence-electron chi connectivity index (χ4n) is 3.25. The Bertz CT molecular complexity index is 1110. The Balaban J connectivity index is 1.62. The monoisotopic (exact) mass is 399 g/mol. The molecule has 1 amide bonds. The van der Waals surface area contributed by atoms with Crippen molar-refractivity contribution in [2.45, 2.75) is 32.4 Å². The van der Waals surface area contributed by atoms with Gasteiger partial charge in [0, 0.05) is 23.0 Å². The standard InChI is InChI=1S/C20H21N3O4S/c1-11-16(17-18(28-11)20(25)23(10-22-17)13-4-5-13)19(24)21-9-12-8-14(26-2)6-7-15(12)27-3/h6-8,10,13H,4-5,9H2,1-3H3,(H,21,24). The van der Waals surface area contributed by atoms with Crippen LogP contribution in [0.5, 0.6) is 11.5 Å². The van der Waals surface area contributed by atoms with E-state index >= 15 is 0 Å². The summed E-state index contributed by atoms with van der Waals surface area (Å²) < 4.78 is 12.8. The molecule has 0 atom stereocenters. The largest absolute Gasteiger partial charge is 0.497 e. The molecule has 4 rings (SSSR count). The number of thiophene rings is 1. The lowest BCUT2D eigenvalue weighted by molar-refractivity contribution is 0.0952. The van der Waals surface area contributed by atoms with E-state index in [2.05, 4.69) is 10.3 Å². The molecule has 1 N–H and O–H groups in total. The molecule has 1 aliphatic carbocycles. The molecule has 1 fully saturated rings. The van der Waals surface area contributed by atoms with Gasteiger partial charge in [0.2, 0.25) is 0 Å². The number of benzene rings is 1. The van der Waals surface area contributed by atoms with Crippen molar-refractivity contribution < 1.29 is 14.3 Å². The number of rotatable bonds is 6. The fourth-order valence-corrected chi connectivity index (χ4v) is 4.30. The second kappa shape index (κ2) is 7.27. The summed E-state index contributed by atoms with van der Waals surface area (Å²) in [5, 5.41) is 2.91. The Morgan fingerprint density at radius 2 is 2.11 bits per heavy atom. The zero-order valence-electron chi connectivity index (χ0n) is 15.9. The fraction of sp³-hybridized carbons (Fsp3) is 0.350. The van der Waals surface area contributed by atoms with Crippen molar-refractivity contribution in [1.29, 1.82) is 0 Å². The van der Waals surface area contributed by atoms with Gasteiger partial charge in [-0.1, -0.05) is 0 Å². The molecule has 1 saturated carbocycles. The summed E-state index contributed by atoms with van der Waals surface area (Å²) in [5.41, 5.74) is 1.67. The third-order valence-electron chi connectivity index (χ3n) is 4.89. The molecule has 8 heteroatoms. The minimum atomic E-state index is -0.260. The maximum atomic E-state index is 12.9. The predicted octanol–water partition coefficient (Wildman–Crippen LogP) is 3.05. The average molecular weight is 399 g/mol. The number of nitrogens with one attached hydrogen (secondary N) is 1. The molecule has 7 nitrogen and oxygen atoms in total. The van der Waals surface area contributed by atoms with Crippen molar-refractivity contribution in [2.24, 2.45) is 0 Å². The molecule has 146 valence electrons. The van der Waals surface area contributed by atoms with Gasteiger partial charge in [-0.05, 0) is 38.0 Å². The first-order valence-electron chi connectivity index (χ1n) is 9.02. The van der Waals surface area contributed by atoms with Gasteiger partial charge in [0.25, 0.3) is 11.5 Å². The molecule has 2 heterocycles. The van der Waals surface area contributed by atoms with Gasteiger partial charge in [-0.3, -0.25) is 14.2 Å². The van der Waals surface area contributed by atoms with Crippen LogP contribution >= 0.6 is 11.3 Å². The summed E-state index contributed by atoms with van der Waals surface area (Å²) in [5.74, 6) is 1.09. The van der Waals surface area contributed by atoms with Gasteiger partial charge in [0.15, 0.2) is 0 Å². The Kier molecular flexibility index (Phi) is 4.80. The second-order valence-electron chi connectivity index (χ2n) is 6.76. The van der Waals surface area contributed by atoms with Crippen LogP contribution in [0.25, 0.3) is 10.2 Å². The zero-order valence-corrected chi connectivity index (χ0v) is 16.8. The smallest absolute Gasteiger partial charge is 0.271 e. The third-order valence-corrected chi connectivity index (χ3v) is 5.98. The number of hydrogen-bond acceptors (Lipinski definition) is 6. The van der Waals surface area contributed by atoms with Crippen LogP contribution in [-0.2, 0) is 6.54 Å². The molecule has 1 aliphatic rings. The Morgan fingerprint density at radius 3 is 2.79 bits per heavy atom. The highest BCUT2D eigenvalue weighted by Crippen LogP contribution is 2.34. The maximum absolute atomic E-state index is 12.9. The number of hydrogen-bond donors (Lipinski definition) is 1. The number of carbonyl (C=O) groups excluding carboxylic acids is 1. The first kappa shape index (κ1) is 18.5.